The Labute approximate surface area is 84.6 Å². The highest BCUT2D eigenvalue weighted by Gasteiger charge is 2.28. The summed E-state index contributed by atoms with van der Waals surface area (Å²) in [5.41, 5.74) is 2.70. The summed E-state index contributed by atoms with van der Waals surface area (Å²) >= 11 is 1.43. The second-order valence-corrected chi connectivity index (χ2v) is 4.00. The molecule has 0 aromatic carbocycles. The number of hydrazone groups is 1. The van der Waals surface area contributed by atoms with Crippen LogP contribution >= 0.6 is 11.3 Å². The summed E-state index contributed by atoms with van der Waals surface area (Å²) in [6.07, 6.45) is 0.332. The second kappa shape index (κ2) is 3.33. The summed E-state index contributed by atoms with van der Waals surface area (Å²) in [4.78, 5) is 12.4. The minimum absolute atomic E-state index is 0.456. The molecular weight excluding hydrogens is 202 g/mol. The van der Waals surface area contributed by atoms with E-state index in [0.717, 1.165) is 17.1 Å². The minimum Gasteiger partial charge on any atom is -0.299 e. The highest BCUT2D eigenvalue weighted by Crippen LogP contribution is 2.22. The van der Waals surface area contributed by atoms with Crippen LogP contribution in [0.15, 0.2) is 5.10 Å². The second-order valence-electron chi connectivity index (χ2n) is 2.84. The zero-order chi connectivity index (χ0) is 10.1. The van der Waals surface area contributed by atoms with E-state index >= 15 is 0 Å². The molecule has 0 radical (unpaired) electrons. The smallest absolute Gasteiger partial charge is 0.215 e. The average molecular weight is 211 g/mol. The van der Waals surface area contributed by atoms with Crippen molar-refractivity contribution in [1.82, 2.24) is 15.6 Å². The minimum atomic E-state index is -0.456. The molecule has 2 heterocycles. The fourth-order valence-corrected chi connectivity index (χ4v) is 1.98. The van der Waals surface area contributed by atoms with Crippen molar-refractivity contribution in [1.29, 1.82) is 0 Å². The zero-order valence-corrected chi connectivity index (χ0v) is 8.58. The molecule has 0 saturated heterocycles. The van der Waals surface area contributed by atoms with Crippen LogP contribution in [0.3, 0.4) is 0 Å². The van der Waals surface area contributed by atoms with Gasteiger partial charge in [0.15, 0.2) is 12.5 Å². The molecule has 6 nitrogen and oxygen atoms in total. The largest absolute Gasteiger partial charge is 0.299 e. The molecule has 1 aromatic heterocycles. The van der Waals surface area contributed by atoms with E-state index in [9.17, 15) is 4.79 Å². The van der Waals surface area contributed by atoms with E-state index in [-0.39, 0.29) is 0 Å². The van der Waals surface area contributed by atoms with Crippen LogP contribution in [0.2, 0.25) is 0 Å². The SMILES string of the molecule is CC1=NNC(C=O)N1c1nnc(C)s1. The first-order valence-electron chi connectivity index (χ1n) is 4.07. The molecule has 0 aliphatic carbocycles. The summed E-state index contributed by atoms with van der Waals surface area (Å²) in [6, 6.07) is 0. The van der Waals surface area contributed by atoms with E-state index in [4.69, 9.17) is 0 Å². The van der Waals surface area contributed by atoms with Crippen molar-refractivity contribution in [2.45, 2.75) is 20.0 Å². The number of hydrogen-bond donors (Lipinski definition) is 1. The summed E-state index contributed by atoms with van der Waals surface area (Å²) < 4.78 is 0. The fraction of sp³-hybridized carbons (Fsp3) is 0.429. The number of aromatic nitrogens is 2. The van der Waals surface area contributed by atoms with Gasteiger partial charge in [-0.2, -0.15) is 5.10 Å². The molecule has 0 amide bonds. The van der Waals surface area contributed by atoms with Crippen LogP contribution in [0, 0.1) is 6.92 Å². The van der Waals surface area contributed by atoms with Crippen molar-refractivity contribution < 1.29 is 4.79 Å². The molecule has 14 heavy (non-hydrogen) atoms. The Bertz CT molecular complexity index is 387. The first-order chi connectivity index (χ1) is 6.72. The molecule has 0 fully saturated rings. The van der Waals surface area contributed by atoms with Crippen LogP contribution in [-0.4, -0.2) is 28.5 Å². The Morgan fingerprint density at radius 1 is 1.50 bits per heavy atom. The van der Waals surface area contributed by atoms with Gasteiger partial charge < -0.3 is 0 Å². The maximum atomic E-state index is 10.7. The fourth-order valence-electron chi connectivity index (χ4n) is 1.20. The van der Waals surface area contributed by atoms with Gasteiger partial charge in [-0.3, -0.25) is 15.1 Å². The summed E-state index contributed by atoms with van der Waals surface area (Å²) in [5.74, 6) is 0.721. The normalized spacial score (nSPS) is 20.6. The van der Waals surface area contributed by atoms with E-state index in [1.807, 2.05) is 13.8 Å². The number of anilines is 1. The molecule has 74 valence electrons. The highest BCUT2D eigenvalue weighted by atomic mass is 32.1. The first kappa shape index (κ1) is 9.07. The monoisotopic (exact) mass is 211 g/mol. The molecule has 0 spiro atoms. The van der Waals surface area contributed by atoms with Crippen LogP contribution in [0.4, 0.5) is 5.13 Å². The van der Waals surface area contributed by atoms with Gasteiger partial charge in [-0.15, -0.1) is 10.2 Å². The molecule has 1 N–H and O–H groups in total. The van der Waals surface area contributed by atoms with Gasteiger partial charge in [0.2, 0.25) is 5.13 Å². The Kier molecular flexibility index (Phi) is 2.16. The van der Waals surface area contributed by atoms with Gasteiger partial charge in [-0.05, 0) is 13.8 Å². The molecule has 7 heteroatoms. The molecule has 0 bridgehead atoms. The number of rotatable bonds is 2. The molecule has 1 aliphatic rings. The van der Waals surface area contributed by atoms with Crippen molar-refractivity contribution in [3.8, 4) is 0 Å². The Balaban J connectivity index is 2.32. The third-order valence-electron chi connectivity index (χ3n) is 1.84. The summed E-state index contributed by atoms with van der Waals surface area (Å²) in [6.45, 7) is 3.68. The van der Waals surface area contributed by atoms with Gasteiger partial charge in [-0.25, -0.2) is 0 Å². The molecule has 0 saturated carbocycles. The molecule has 1 unspecified atom stereocenters. The lowest BCUT2D eigenvalue weighted by Gasteiger charge is -2.17. The van der Waals surface area contributed by atoms with Crippen LogP contribution in [0.5, 0.6) is 0 Å². The topological polar surface area (TPSA) is 70.5 Å². The number of aldehydes is 1. The quantitative estimate of drug-likeness (QED) is 0.703. The number of hydrogen-bond acceptors (Lipinski definition) is 7. The molecule has 1 aliphatic heterocycles. The van der Waals surface area contributed by atoms with Crippen LogP contribution in [0.1, 0.15) is 11.9 Å². The van der Waals surface area contributed by atoms with E-state index in [1.54, 1.807) is 4.90 Å². The summed E-state index contributed by atoms with van der Waals surface area (Å²) in [7, 11) is 0. The van der Waals surface area contributed by atoms with Crippen molar-refractivity contribution in [2.24, 2.45) is 5.10 Å². The predicted molar refractivity (Wildman–Crippen MR) is 53.2 cm³/mol. The van der Waals surface area contributed by atoms with E-state index in [2.05, 4.69) is 20.7 Å². The van der Waals surface area contributed by atoms with Gasteiger partial charge in [-0.1, -0.05) is 11.3 Å². The zero-order valence-electron chi connectivity index (χ0n) is 7.76. The molecular formula is C7H9N5OS. The number of carbonyl (C=O) groups is 1. The number of nitrogens with one attached hydrogen (secondary N) is 1. The number of amidine groups is 1. The van der Waals surface area contributed by atoms with Crippen molar-refractivity contribution in [3.63, 3.8) is 0 Å². The average Bonchev–Trinajstić information content (AvgIpc) is 2.71. The van der Waals surface area contributed by atoms with Crippen LogP contribution in [0.25, 0.3) is 0 Å². The van der Waals surface area contributed by atoms with Crippen LogP contribution < -0.4 is 10.3 Å². The maximum Gasteiger partial charge on any atom is 0.215 e. The molecule has 1 atom stereocenters. The Morgan fingerprint density at radius 2 is 2.29 bits per heavy atom. The highest BCUT2D eigenvalue weighted by molar-refractivity contribution is 7.15. The lowest BCUT2D eigenvalue weighted by molar-refractivity contribution is -0.109. The van der Waals surface area contributed by atoms with Gasteiger partial charge >= 0.3 is 0 Å². The Morgan fingerprint density at radius 3 is 2.86 bits per heavy atom. The standard InChI is InChI=1S/C7H9N5OS/c1-4-8-10-6(3-13)12(4)7-11-9-5(2)14-7/h3,6,10H,1-2H3. The Hall–Kier alpha value is -1.50. The third-order valence-corrected chi connectivity index (χ3v) is 2.67. The number of carbonyl (C=O) groups excluding carboxylic acids is 1. The lowest BCUT2D eigenvalue weighted by atomic mass is 10.5. The maximum absolute atomic E-state index is 10.7. The van der Waals surface area contributed by atoms with E-state index in [0.29, 0.717) is 5.13 Å². The lowest BCUT2D eigenvalue weighted by Crippen LogP contribution is -2.40. The van der Waals surface area contributed by atoms with E-state index in [1.165, 1.54) is 11.3 Å². The van der Waals surface area contributed by atoms with Crippen molar-refractivity contribution in [2.75, 3.05) is 4.90 Å². The predicted octanol–water partition coefficient (Wildman–Crippen LogP) is 0.115. The van der Waals surface area contributed by atoms with Gasteiger partial charge in [0.05, 0.1) is 0 Å². The van der Waals surface area contributed by atoms with Gasteiger partial charge in [0.25, 0.3) is 0 Å². The number of nitrogens with zero attached hydrogens (tertiary/aromatic N) is 4. The van der Waals surface area contributed by atoms with Crippen LogP contribution in [-0.2, 0) is 4.79 Å². The molecule has 2 rings (SSSR count). The van der Waals surface area contributed by atoms with Gasteiger partial charge in [0.1, 0.15) is 10.8 Å². The van der Waals surface area contributed by atoms with Crippen molar-refractivity contribution in [3.05, 3.63) is 5.01 Å². The van der Waals surface area contributed by atoms with E-state index < -0.39 is 6.17 Å². The number of aryl methyl sites for hydroxylation is 1. The molecule has 1 aromatic rings. The third kappa shape index (κ3) is 1.35. The van der Waals surface area contributed by atoms with Crippen molar-refractivity contribution >= 4 is 28.6 Å². The first-order valence-corrected chi connectivity index (χ1v) is 4.88. The summed E-state index contributed by atoms with van der Waals surface area (Å²) in [5, 5.41) is 13.4. The van der Waals surface area contributed by atoms with Gasteiger partial charge in [0, 0.05) is 0 Å².